The van der Waals surface area contributed by atoms with E-state index in [1.54, 1.807) is 0 Å². The molecule has 3 N–H and O–H groups in total. The molecule has 1 rings (SSSR count). The molecule has 0 saturated heterocycles. The predicted octanol–water partition coefficient (Wildman–Crippen LogP) is 1.37. The number of nitrogens with two attached hydrogens (primary N) is 1. The Bertz CT molecular complexity index is 347. The van der Waals surface area contributed by atoms with Crippen molar-refractivity contribution in [2.45, 2.75) is 13.8 Å². The second-order valence-corrected chi connectivity index (χ2v) is 3.33. The quantitative estimate of drug-likeness (QED) is 0.700. The second kappa shape index (κ2) is 3.70. The lowest BCUT2D eigenvalue weighted by atomic mass is 10.1. The number of hydrogen-bond acceptors (Lipinski definition) is 3. The summed E-state index contributed by atoms with van der Waals surface area (Å²) >= 11 is 4.94. The summed E-state index contributed by atoms with van der Waals surface area (Å²) in [4.78, 5) is 4.68. The van der Waals surface area contributed by atoms with Gasteiger partial charge in [0.25, 0.3) is 0 Å². The van der Waals surface area contributed by atoms with Gasteiger partial charge in [0.1, 0.15) is 4.99 Å². The zero-order chi connectivity index (χ0) is 10.0. The van der Waals surface area contributed by atoms with Gasteiger partial charge in [-0.25, -0.2) is 0 Å². The van der Waals surface area contributed by atoms with Crippen molar-refractivity contribution in [2.75, 3.05) is 12.4 Å². The third-order valence-corrected chi connectivity index (χ3v) is 2.05. The van der Waals surface area contributed by atoms with Crippen molar-refractivity contribution in [3.63, 3.8) is 0 Å². The zero-order valence-corrected chi connectivity index (χ0v) is 8.83. The molecule has 0 aliphatic rings. The van der Waals surface area contributed by atoms with E-state index in [0.717, 1.165) is 22.6 Å². The first kappa shape index (κ1) is 9.92. The molecule has 0 fully saturated rings. The topological polar surface area (TPSA) is 50.9 Å². The minimum atomic E-state index is 0.384. The van der Waals surface area contributed by atoms with E-state index >= 15 is 0 Å². The molecule has 0 spiro atoms. The van der Waals surface area contributed by atoms with Crippen molar-refractivity contribution >= 4 is 22.9 Å². The first-order chi connectivity index (χ1) is 6.06. The van der Waals surface area contributed by atoms with E-state index in [9.17, 15) is 0 Å². The third-order valence-electron chi connectivity index (χ3n) is 1.84. The van der Waals surface area contributed by atoms with Crippen LogP contribution in [0.1, 0.15) is 17.0 Å². The lowest BCUT2D eigenvalue weighted by Gasteiger charge is -2.11. The molecule has 0 radical (unpaired) electrons. The lowest BCUT2D eigenvalue weighted by molar-refractivity contribution is 1.11. The SMILES string of the molecule is CNc1cc(C)nc(C)c1C(N)=S. The lowest BCUT2D eigenvalue weighted by Crippen LogP contribution is -2.15. The van der Waals surface area contributed by atoms with Crippen molar-refractivity contribution in [1.82, 2.24) is 4.98 Å². The Hall–Kier alpha value is -1.16. The van der Waals surface area contributed by atoms with Gasteiger partial charge in [-0.1, -0.05) is 12.2 Å². The third kappa shape index (κ3) is 1.95. The Morgan fingerprint density at radius 1 is 1.54 bits per heavy atom. The highest BCUT2D eigenvalue weighted by Gasteiger charge is 2.09. The van der Waals surface area contributed by atoms with Gasteiger partial charge in [0.05, 0.1) is 5.56 Å². The van der Waals surface area contributed by atoms with Gasteiger partial charge in [-0.2, -0.15) is 0 Å². The number of aryl methyl sites for hydroxylation is 2. The Labute approximate surface area is 83.4 Å². The van der Waals surface area contributed by atoms with Crippen LogP contribution in [0, 0.1) is 13.8 Å². The summed E-state index contributed by atoms with van der Waals surface area (Å²) in [5, 5.41) is 3.05. The first-order valence-corrected chi connectivity index (χ1v) is 4.43. The molecule has 1 aromatic heterocycles. The van der Waals surface area contributed by atoms with Crippen molar-refractivity contribution in [3.05, 3.63) is 23.0 Å². The minimum absolute atomic E-state index is 0.384. The average molecular weight is 195 g/mol. The Morgan fingerprint density at radius 2 is 2.15 bits per heavy atom. The number of pyridine rings is 1. The summed E-state index contributed by atoms with van der Waals surface area (Å²) in [5.74, 6) is 0. The Balaban J connectivity index is 3.38. The highest BCUT2D eigenvalue weighted by Crippen LogP contribution is 2.18. The van der Waals surface area contributed by atoms with Gasteiger partial charge in [-0.05, 0) is 19.9 Å². The van der Waals surface area contributed by atoms with Gasteiger partial charge in [0, 0.05) is 24.1 Å². The smallest absolute Gasteiger partial charge is 0.107 e. The molecule has 1 aromatic rings. The first-order valence-electron chi connectivity index (χ1n) is 4.02. The van der Waals surface area contributed by atoms with E-state index in [0.29, 0.717) is 4.99 Å². The summed E-state index contributed by atoms with van der Waals surface area (Å²) in [6.07, 6.45) is 0. The van der Waals surface area contributed by atoms with E-state index in [4.69, 9.17) is 18.0 Å². The molecule has 0 amide bonds. The monoisotopic (exact) mass is 195 g/mol. The van der Waals surface area contributed by atoms with Crippen molar-refractivity contribution in [2.24, 2.45) is 5.73 Å². The van der Waals surface area contributed by atoms with Crippen LogP contribution in [0.4, 0.5) is 5.69 Å². The van der Waals surface area contributed by atoms with Crippen LogP contribution in [-0.2, 0) is 0 Å². The summed E-state index contributed by atoms with van der Waals surface area (Å²) in [6, 6.07) is 1.93. The molecule has 3 nitrogen and oxygen atoms in total. The molecule has 1 heterocycles. The van der Waals surface area contributed by atoms with Crippen LogP contribution in [0.3, 0.4) is 0 Å². The Kier molecular flexibility index (Phi) is 2.83. The standard InChI is InChI=1S/C9H13N3S/c1-5-4-7(11-3)8(9(10)13)6(2)12-5/h4H,1-3H3,(H2,10,13)(H,11,12). The maximum absolute atomic E-state index is 5.59. The fourth-order valence-corrected chi connectivity index (χ4v) is 1.59. The molecule has 0 aliphatic carbocycles. The van der Waals surface area contributed by atoms with Gasteiger partial charge in [0.2, 0.25) is 0 Å². The average Bonchev–Trinajstić information content (AvgIpc) is 2.01. The maximum atomic E-state index is 5.59. The Morgan fingerprint density at radius 3 is 2.62 bits per heavy atom. The highest BCUT2D eigenvalue weighted by atomic mass is 32.1. The molecule has 0 saturated carbocycles. The van der Waals surface area contributed by atoms with E-state index in [1.165, 1.54) is 0 Å². The van der Waals surface area contributed by atoms with Gasteiger partial charge >= 0.3 is 0 Å². The molecule has 13 heavy (non-hydrogen) atoms. The maximum Gasteiger partial charge on any atom is 0.107 e. The van der Waals surface area contributed by atoms with E-state index in [2.05, 4.69) is 10.3 Å². The number of hydrogen-bond donors (Lipinski definition) is 2. The van der Waals surface area contributed by atoms with Crippen LogP contribution < -0.4 is 11.1 Å². The van der Waals surface area contributed by atoms with Crippen LogP contribution in [0.25, 0.3) is 0 Å². The summed E-state index contributed by atoms with van der Waals surface area (Å²) in [5.41, 5.74) is 9.20. The summed E-state index contributed by atoms with van der Waals surface area (Å²) in [7, 11) is 1.84. The van der Waals surface area contributed by atoms with Crippen LogP contribution in [0.2, 0.25) is 0 Å². The van der Waals surface area contributed by atoms with Crippen LogP contribution >= 0.6 is 12.2 Å². The number of thiocarbonyl (C=S) groups is 1. The van der Waals surface area contributed by atoms with Crippen molar-refractivity contribution < 1.29 is 0 Å². The van der Waals surface area contributed by atoms with Crippen LogP contribution in [0.15, 0.2) is 6.07 Å². The minimum Gasteiger partial charge on any atom is -0.389 e. The fourth-order valence-electron chi connectivity index (χ4n) is 1.34. The normalized spacial score (nSPS) is 9.77. The summed E-state index contributed by atoms with van der Waals surface area (Å²) in [6.45, 7) is 3.85. The largest absolute Gasteiger partial charge is 0.389 e. The van der Waals surface area contributed by atoms with Gasteiger partial charge in [0.15, 0.2) is 0 Å². The van der Waals surface area contributed by atoms with Crippen LogP contribution in [-0.4, -0.2) is 17.0 Å². The number of nitrogens with one attached hydrogen (secondary N) is 1. The molecule has 0 bridgehead atoms. The van der Waals surface area contributed by atoms with E-state index in [1.807, 2.05) is 27.0 Å². The molecular weight excluding hydrogens is 182 g/mol. The van der Waals surface area contributed by atoms with Gasteiger partial charge in [-0.3, -0.25) is 4.98 Å². The summed E-state index contributed by atoms with van der Waals surface area (Å²) < 4.78 is 0. The van der Waals surface area contributed by atoms with E-state index in [-0.39, 0.29) is 0 Å². The molecule has 70 valence electrons. The van der Waals surface area contributed by atoms with Crippen molar-refractivity contribution in [3.8, 4) is 0 Å². The fraction of sp³-hybridized carbons (Fsp3) is 0.333. The van der Waals surface area contributed by atoms with Crippen molar-refractivity contribution in [1.29, 1.82) is 0 Å². The number of anilines is 1. The molecule has 0 aliphatic heterocycles. The molecule has 0 aromatic carbocycles. The molecule has 4 heteroatoms. The second-order valence-electron chi connectivity index (χ2n) is 2.89. The predicted molar refractivity (Wildman–Crippen MR) is 59.1 cm³/mol. The van der Waals surface area contributed by atoms with Gasteiger partial charge < -0.3 is 11.1 Å². The van der Waals surface area contributed by atoms with E-state index < -0.39 is 0 Å². The number of rotatable bonds is 2. The highest BCUT2D eigenvalue weighted by molar-refractivity contribution is 7.80. The number of nitrogens with zero attached hydrogens (tertiary/aromatic N) is 1. The zero-order valence-electron chi connectivity index (χ0n) is 8.01. The molecule has 0 unspecified atom stereocenters. The molecule has 0 atom stereocenters. The van der Waals surface area contributed by atoms with Gasteiger partial charge in [-0.15, -0.1) is 0 Å². The molecular formula is C9H13N3S. The number of aromatic nitrogens is 1. The van der Waals surface area contributed by atoms with Crippen LogP contribution in [0.5, 0.6) is 0 Å².